The number of rotatable bonds is 7. The molecule has 0 atom stereocenters. The Hall–Kier alpha value is -4.25. The second-order valence-corrected chi connectivity index (χ2v) is 9.42. The largest absolute Gasteiger partial charge is 0.481 e. The van der Waals surface area contributed by atoms with Gasteiger partial charge in [-0.05, 0) is 48.7 Å². The van der Waals surface area contributed by atoms with Gasteiger partial charge in [-0.2, -0.15) is 0 Å². The summed E-state index contributed by atoms with van der Waals surface area (Å²) in [7, 11) is 3.25. The maximum absolute atomic E-state index is 12.0. The number of hydrogen-bond acceptors (Lipinski definition) is 6. The van der Waals surface area contributed by atoms with Crippen molar-refractivity contribution in [3.8, 4) is 18.1 Å². The SMILES string of the molecule is C#CCOc1ccc(/C=C/c2ccc3ccccc3n2)cc1CN1CCC(N2C(=O)C=CC2=O)CC1.COC. The number of para-hydroxylation sites is 1. The topological polar surface area (TPSA) is 72.0 Å². The number of ether oxygens (including phenoxy) is 2. The van der Waals surface area contributed by atoms with Crippen molar-refractivity contribution in [1.29, 1.82) is 0 Å². The molecule has 2 aliphatic rings. The first-order chi connectivity index (χ1) is 19.0. The van der Waals surface area contributed by atoms with E-state index >= 15 is 0 Å². The number of likely N-dealkylation sites (tertiary alicyclic amines) is 1. The molecule has 39 heavy (non-hydrogen) atoms. The first-order valence-corrected chi connectivity index (χ1v) is 12.9. The van der Waals surface area contributed by atoms with E-state index in [1.807, 2.05) is 42.5 Å². The van der Waals surface area contributed by atoms with Gasteiger partial charge in [-0.1, -0.05) is 42.3 Å². The predicted molar refractivity (Wildman–Crippen MR) is 154 cm³/mol. The minimum absolute atomic E-state index is 0.0443. The van der Waals surface area contributed by atoms with Crippen LogP contribution in [0.15, 0.2) is 66.7 Å². The number of pyridine rings is 1. The third-order valence-corrected chi connectivity index (χ3v) is 6.62. The molecule has 2 aromatic carbocycles. The summed E-state index contributed by atoms with van der Waals surface area (Å²) in [6, 6.07) is 18.2. The van der Waals surface area contributed by atoms with Gasteiger partial charge in [0.2, 0.25) is 0 Å². The van der Waals surface area contributed by atoms with E-state index in [0.29, 0.717) is 6.54 Å². The van der Waals surface area contributed by atoms with Crippen molar-refractivity contribution in [2.24, 2.45) is 0 Å². The molecule has 200 valence electrons. The van der Waals surface area contributed by atoms with Gasteiger partial charge in [0.25, 0.3) is 11.8 Å². The Morgan fingerprint density at radius 2 is 1.72 bits per heavy atom. The van der Waals surface area contributed by atoms with Crippen LogP contribution < -0.4 is 4.74 Å². The van der Waals surface area contributed by atoms with Gasteiger partial charge in [0, 0.05) is 63.0 Å². The Morgan fingerprint density at radius 3 is 2.44 bits per heavy atom. The lowest BCUT2D eigenvalue weighted by atomic mass is 10.0. The quantitative estimate of drug-likeness (QED) is 0.334. The summed E-state index contributed by atoms with van der Waals surface area (Å²) in [5, 5.41) is 1.12. The van der Waals surface area contributed by atoms with Gasteiger partial charge >= 0.3 is 0 Å². The lowest BCUT2D eigenvalue weighted by Gasteiger charge is -2.35. The van der Waals surface area contributed by atoms with Gasteiger partial charge in [0.15, 0.2) is 0 Å². The average Bonchev–Trinajstić information content (AvgIpc) is 3.29. The van der Waals surface area contributed by atoms with Crippen LogP contribution in [0.3, 0.4) is 0 Å². The molecule has 0 bridgehead atoms. The minimum atomic E-state index is -0.205. The molecule has 0 radical (unpaired) electrons. The van der Waals surface area contributed by atoms with Crippen LogP contribution in [0, 0.1) is 12.3 Å². The first-order valence-electron chi connectivity index (χ1n) is 12.9. The number of carbonyl (C=O) groups excluding carboxylic acids is 2. The summed E-state index contributed by atoms with van der Waals surface area (Å²) in [6.07, 6.45) is 13.7. The number of methoxy groups -OCH3 is 1. The molecular weight excluding hydrogens is 490 g/mol. The summed E-state index contributed by atoms with van der Waals surface area (Å²) in [5.41, 5.74) is 3.95. The molecule has 2 aliphatic heterocycles. The lowest BCUT2D eigenvalue weighted by molar-refractivity contribution is -0.140. The second-order valence-electron chi connectivity index (χ2n) is 9.42. The Morgan fingerprint density at radius 1 is 1.00 bits per heavy atom. The maximum atomic E-state index is 12.0. The molecule has 1 aromatic heterocycles. The number of hydrogen-bond donors (Lipinski definition) is 0. The van der Waals surface area contributed by atoms with E-state index < -0.39 is 0 Å². The van der Waals surface area contributed by atoms with E-state index in [1.165, 1.54) is 17.1 Å². The summed E-state index contributed by atoms with van der Waals surface area (Å²) in [6.45, 7) is 2.48. The Bertz CT molecular complexity index is 1400. The summed E-state index contributed by atoms with van der Waals surface area (Å²) < 4.78 is 10.1. The van der Waals surface area contributed by atoms with Gasteiger partial charge in [0.1, 0.15) is 12.4 Å². The zero-order chi connectivity index (χ0) is 27.6. The molecule has 0 saturated carbocycles. The van der Waals surface area contributed by atoms with Crippen molar-refractivity contribution in [2.75, 3.05) is 33.9 Å². The van der Waals surface area contributed by atoms with Gasteiger partial charge in [-0.25, -0.2) is 4.98 Å². The van der Waals surface area contributed by atoms with Crippen LogP contribution in [-0.2, 0) is 20.9 Å². The molecule has 5 rings (SSSR count). The highest BCUT2D eigenvalue weighted by atomic mass is 16.5. The number of piperidine rings is 1. The van der Waals surface area contributed by atoms with E-state index in [1.54, 1.807) is 14.2 Å². The van der Waals surface area contributed by atoms with Crippen LogP contribution in [0.2, 0.25) is 0 Å². The number of benzene rings is 2. The molecule has 0 N–H and O–H groups in total. The first kappa shape index (κ1) is 27.8. The fraction of sp³-hybridized carbons (Fsp3) is 0.281. The molecule has 0 aliphatic carbocycles. The third kappa shape index (κ3) is 7.20. The van der Waals surface area contributed by atoms with Gasteiger partial charge in [-0.15, -0.1) is 6.42 Å². The van der Waals surface area contributed by atoms with Crippen molar-refractivity contribution in [3.63, 3.8) is 0 Å². The van der Waals surface area contributed by atoms with E-state index in [2.05, 4.69) is 39.8 Å². The number of imide groups is 1. The van der Waals surface area contributed by atoms with Crippen molar-refractivity contribution in [2.45, 2.75) is 25.4 Å². The van der Waals surface area contributed by atoms with Gasteiger partial charge in [0.05, 0.1) is 11.2 Å². The highest BCUT2D eigenvalue weighted by molar-refractivity contribution is 6.13. The summed E-state index contributed by atoms with van der Waals surface area (Å²) in [4.78, 5) is 32.5. The van der Waals surface area contributed by atoms with Crippen LogP contribution in [-0.4, -0.2) is 66.6 Å². The molecule has 1 fully saturated rings. The number of aromatic nitrogens is 1. The molecule has 1 saturated heterocycles. The second kappa shape index (κ2) is 13.5. The molecule has 7 heteroatoms. The van der Waals surface area contributed by atoms with Crippen molar-refractivity contribution < 1.29 is 19.1 Å². The van der Waals surface area contributed by atoms with Gasteiger partial charge < -0.3 is 9.47 Å². The van der Waals surface area contributed by atoms with E-state index in [9.17, 15) is 9.59 Å². The molecule has 7 nitrogen and oxygen atoms in total. The van der Waals surface area contributed by atoms with Crippen molar-refractivity contribution in [1.82, 2.24) is 14.8 Å². The van der Waals surface area contributed by atoms with Crippen LogP contribution in [0.4, 0.5) is 0 Å². The fourth-order valence-electron chi connectivity index (χ4n) is 4.79. The van der Waals surface area contributed by atoms with E-state index in [4.69, 9.17) is 16.1 Å². The lowest BCUT2D eigenvalue weighted by Crippen LogP contribution is -2.47. The summed E-state index contributed by atoms with van der Waals surface area (Å²) >= 11 is 0. The van der Waals surface area contributed by atoms with Crippen LogP contribution in [0.25, 0.3) is 23.1 Å². The monoisotopic (exact) mass is 523 g/mol. The molecule has 2 amide bonds. The van der Waals surface area contributed by atoms with E-state index in [0.717, 1.165) is 59.4 Å². The number of fused-ring (bicyclic) bond motifs is 1. The minimum Gasteiger partial charge on any atom is -0.481 e. The number of nitrogens with zero attached hydrogens (tertiary/aromatic N) is 3. The average molecular weight is 524 g/mol. The molecular formula is C32H33N3O4. The zero-order valence-electron chi connectivity index (χ0n) is 22.4. The van der Waals surface area contributed by atoms with E-state index in [-0.39, 0.29) is 24.5 Å². The number of carbonyl (C=O) groups is 2. The molecule has 3 aromatic rings. The zero-order valence-corrected chi connectivity index (χ0v) is 22.4. The van der Waals surface area contributed by atoms with Crippen LogP contribution in [0.1, 0.15) is 29.7 Å². The highest BCUT2D eigenvalue weighted by Gasteiger charge is 2.33. The maximum Gasteiger partial charge on any atom is 0.253 e. The fourth-order valence-corrected chi connectivity index (χ4v) is 4.79. The van der Waals surface area contributed by atoms with Crippen molar-refractivity contribution >= 4 is 34.9 Å². The number of terminal acetylenes is 1. The standard InChI is InChI=1S/C30H27N3O3.C2H6O/c1-2-19-36-28-12-8-22(7-10-25-11-9-23-5-3-4-6-27(23)31-25)20-24(28)21-32-17-15-26(16-18-32)33-29(34)13-14-30(33)35;1-3-2/h1,3-14,20,26H,15-19,21H2;1-2H3/b10-7+;. The predicted octanol–water partition coefficient (Wildman–Crippen LogP) is 4.57. The molecule has 0 spiro atoms. The van der Waals surface area contributed by atoms with Crippen molar-refractivity contribution in [3.05, 3.63) is 83.6 Å². The Labute approximate surface area is 229 Å². The smallest absolute Gasteiger partial charge is 0.253 e. The molecule has 3 heterocycles. The highest BCUT2D eigenvalue weighted by Crippen LogP contribution is 2.26. The Kier molecular flexibility index (Phi) is 9.63. The van der Waals surface area contributed by atoms with Crippen LogP contribution >= 0.6 is 0 Å². The van der Waals surface area contributed by atoms with Gasteiger partial charge in [-0.3, -0.25) is 19.4 Å². The van der Waals surface area contributed by atoms with Crippen LogP contribution in [0.5, 0.6) is 5.75 Å². The normalized spacial score (nSPS) is 16.0. The third-order valence-electron chi connectivity index (χ3n) is 6.62. The number of amides is 2. The Balaban J connectivity index is 0.00000112. The summed E-state index contributed by atoms with van der Waals surface area (Å²) in [5.74, 6) is 2.89. The molecule has 0 unspecified atom stereocenters.